The molecule has 17 heavy (non-hydrogen) atoms. The van der Waals surface area contributed by atoms with E-state index < -0.39 is 34.6 Å². The molecule has 1 atom stereocenters. The summed E-state index contributed by atoms with van der Waals surface area (Å²) in [7, 11) is 0. The first-order chi connectivity index (χ1) is 7.82. The maximum atomic E-state index is 12.4. The lowest BCUT2D eigenvalue weighted by Crippen LogP contribution is -2.17. The maximum Gasteiger partial charge on any atom is 0.316 e. The van der Waals surface area contributed by atoms with Gasteiger partial charge in [-0.3, -0.25) is 19.6 Å². The number of hydrogen-bond donors (Lipinski definition) is 1. The van der Waals surface area contributed by atoms with Crippen molar-refractivity contribution in [2.45, 2.75) is 19.9 Å². The molecular weight excluding hydrogens is 240 g/mol. The number of aliphatic carboxylic acids is 1. The monoisotopic (exact) mass is 249 g/mol. The second kappa shape index (κ2) is 4.85. The van der Waals surface area contributed by atoms with Crippen molar-refractivity contribution in [1.29, 1.82) is 0 Å². The minimum Gasteiger partial charge on any atom is -0.481 e. The van der Waals surface area contributed by atoms with Crippen molar-refractivity contribution in [3.8, 4) is 0 Å². The second-order valence-electron chi connectivity index (χ2n) is 3.42. The molecule has 1 unspecified atom stereocenters. The van der Waals surface area contributed by atoms with E-state index in [1.54, 1.807) is 0 Å². The summed E-state index contributed by atoms with van der Waals surface area (Å²) < 4.78 is 25.6. The smallest absolute Gasteiger partial charge is 0.316 e. The van der Waals surface area contributed by atoms with Crippen LogP contribution in [0.3, 0.4) is 0 Å². The van der Waals surface area contributed by atoms with Crippen molar-refractivity contribution in [3.05, 3.63) is 22.0 Å². The third kappa shape index (κ3) is 2.95. The maximum absolute atomic E-state index is 12.4. The molecule has 0 fully saturated rings. The summed E-state index contributed by atoms with van der Waals surface area (Å²) in [6.07, 6.45) is -2.27. The molecule has 0 aliphatic carbocycles. The number of rotatable bonds is 5. The Morgan fingerprint density at radius 1 is 1.71 bits per heavy atom. The van der Waals surface area contributed by atoms with Crippen molar-refractivity contribution < 1.29 is 23.6 Å². The van der Waals surface area contributed by atoms with Gasteiger partial charge in [0.1, 0.15) is 6.20 Å². The standard InChI is InChI=1S/C8H9F2N3O4/c1-4(8(14)15)2-12-3-5(13(16)17)6(11-12)7(9)10/h3-4,7H,2H2,1H3,(H,14,15). The van der Waals surface area contributed by atoms with Crippen LogP contribution in [0.15, 0.2) is 6.20 Å². The van der Waals surface area contributed by atoms with E-state index in [1.807, 2.05) is 0 Å². The van der Waals surface area contributed by atoms with Crippen LogP contribution in [0.25, 0.3) is 0 Å². The van der Waals surface area contributed by atoms with Crippen molar-refractivity contribution in [1.82, 2.24) is 9.78 Å². The van der Waals surface area contributed by atoms with E-state index in [-0.39, 0.29) is 6.54 Å². The fourth-order valence-electron chi connectivity index (χ4n) is 1.17. The first kappa shape index (κ1) is 13.0. The number of carboxylic acid groups (broad SMARTS) is 1. The molecule has 9 heteroatoms. The number of nitro groups is 1. The highest BCUT2D eigenvalue weighted by Gasteiger charge is 2.27. The van der Waals surface area contributed by atoms with Crippen LogP contribution in [-0.4, -0.2) is 25.8 Å². The van der Waals surface area contributed by atoms with E-state index >= 15 is 0 Å². The van der Waals surface area contributed by atoms with E-state index in [0.29, 0.717) is 0 Å². The first-order valence-corrected chi connectivity index (χ1v) is 4.55. The molecule has 1 heterocycles. The third-order valence-electron chi connectivity index (χ3n) is 2.06. The number of aromatic nitrogens is 2. The predicted octanol–water partition coefficient (Wildman–Crippen LogP) is 1.45. The Morgan fingerprint density at radius 3 is 2.65 bits per heavy atom. The molecule has 1 aromatic rings. The van der Waals surface area contributed by atoms with Crippen molar-refractivity contribution in [3.63, 3.8) is 0 Å². The lowest BCUT2D eigenvalue weighted by Gasteiger charge is -2.04. The van der Waals surface area contributed by atoms with E-state index in [4.69, 9.17) is 5.11 Å². The fourth-order valence-corrected chi connectivity index (χ4v) is 1.17. The van der Waals surface area contributed by atoms with Gasteiger partial charge in [-0.25, -0.2) is 8.78 Å². The molecule has 0 bridgehead atoms. The normalized spacial score (nSPS) is 12.7. The lowest BCUT2D eigenvalue weighted by molar-refractivity contribution is -0.386. The van der Waals surface area contributed by atoms with Crippen molar-refractivity contribution in [2.75, 3.05) is 0 Å². The topological polar surface area (TPSA) is 98.3 Å². The summed E-state index contributed by atoms with van der Waals surface area (Å²) in [5.41, 5.74) is -1.76. The van der Waals surface area contributed by atoms with Gasteiger partial charge < -0.3 is 5.11 Å². The van der Waals surface area contributed by atoms with Gasteiger partial charge in [0.15, 0.2) is 0 Å². The van der Waals surface area contributed by atoms with E-state index in [2.05, 4.69) is 5.10 Å². The number of carbonyl (C=O) groups is 1. The molecule has 0 aliphatic rings. The zero-order chi connectivity index (χ0) is 13.2. The van der Waals surface area contributed by atoms with Crippen LogP contribution in [0, 0.1) is 16.0 Å². The highest BCUT2D eigenvalue weighted by molar-refractivity contribution is 5.69. The summed E-state index contributed by atoms with van der Waals surface area (Å²) in [5, 5.41) is 22.4. The first-order valence-electron chi connectivity index (χ1n) is 4.55. The van der Waals surface area contributed by atoms with Gasteiger partial charge in [0.25, 0.3) is 6.43 Å². The molecule has 0 saturated carbocycles. The Hall–Kier alpha value is -2.06. The average Bonchev–Trinajstić information content (AvgIpc) is 2.61. The Morgan fingerprint density at radius 2 is 2.29 bits per heavy atom. The molecule has 0 amide bonds. The summed E-state index contributed by atoms with van der Waals surface area (Å²) in [5.74, 6) is -2.01. The third-order valence-corrected chi connectivity index (χ3v) is 2.06. The van der Waals surface area contributed by atoms with Crippen molar-refractivity contribution in [2.24, 2.45) is 5.92 Å². The van der Waals surface area contributed by atoms with Gasteiger partial charge in [-0.15, -0.1) is 0 Å². The molecule has 0 saturated heterocycles. The Bertz CT molecular complexity index is 446. The largest absolute Gasteiger partial charge is 0.481 e. The van der Waals surface area contributed by atoms with Crippen LogP contribution in [0.1, 0.15) is 19.0 Å². The van der Waals surface area contributed by atoms with Crippen LogP contribution in [0.2, 0.25) is 0 Å². The minimum absolute atomic E-state index is 0.205. The number of alkyl halides is 2. The summed E-state index contributed by atoms with van der Waals surface area (Å²) >= 11 is 0. The van der Waals surface area contributed by atoms with Crippen molar-refractivity contribution >= 4 is 11.7 Å². The summed E-state index contributed by atoms with van der Waals surface area (Å²) in [6, 6.07) is 0. The summed E-state index contributed by atoms with van der Waals surface area (Å²) in [6.45, 7) is 1.14. The zero-order valence-corrected chi connectivity index (χ0v) is 8.71. The van der Waals surface area contributed by atoms with Gasteiger partial charge in [0, 0.05) is 0 Å². The molecule has 0 aliphatic heterocycles. The van der Waals surface area contributed by atoms with Gasteiger partial charge in [0.05, 0.1) is 17.4 Å². The van der Waals surface area contributed by atoms with Crippen LogP contribution < -0.4 is 0 Å². The fraction of sp³-hybridized carbons (Fsp3) is 0.500. The van der Waals surface area contributed by atoms with Gasteiger partial charge in [-0.2, -0.15) is 5.10 Å². The molecule has 0 spiro atoms. The zero-order valence-electron chi connectivity index (χ0n) is 8.71. The molecule has 7 nitrogen and oxygen atoms in total. The molecule has 1 aromatic heterocycles. The van der Waals surface area contributed by atoms with Crippen LogP contribution >= 0.6 is 0 Å². The Balaban J connectivity index is 3.00. The SMILES string of the molecule is CC(Cn1cc([N+](=O)[O-])c(C(F)F)n1)C(=O)O. The van der Waals surface area contributed by atoms with Gasteiger partial charge in [-0.05, 0) is 0 Å². The molecule has 94 valence electrons. The van der Waals surface area contributed by atoms with Gasteiger partial charge >= 0.3 is 11.7 Å². The molecule has 1 N–H and O–H groups in total. The minimum atomic E-state index is -3.07. The predicted molar refractivity (Wildman–Crippen MR) is 50.6 cm³/mol. The number of halogens is 2. The number of hydrogen-bond acceptors (Lipinski definition) is 4. The lowest BCUT2D eigenvalue weighted by atomic mass is 10.2. The molecular formula is C8H9F2N3O4. The molecule has 1 rings (SSSR count). The van der Waals surface area contributed by atoms with Gasteiger partial charge in [0.2, 0.25) is 5.69 Å². The number of carboxylic acids is 1. The Kier molecular flexibility index (Phi) is 3.71. The second-order valence-corrected chi connectivity index (χ2v) is 3.42. The van der Waals surface area contributed by atoms with E-state index in [9.17, 15) is 23.7 Å². The number of nitrogens with zero attached hydrogens (tertiary/aromatic N) is 3. The van der Waals surface area contributed by atoms with Crippen LogP contribution in [0.5, 0.6) is 0 Å². The molecule has 0 aromatic carbocycles. The average molecular weight is 249 g/mol. The highest BCUT2D eigenvalue weighted by atomic mass is 19.3. The van der Waals surface area contributed by atoms with E-state index in [1.165, 1.54) is 6.92 Å². The summed E-state index contributed by atoms with van der Waals surface area (Å²) in [4.78, 5) is 20.0. The quantitative estimate of drug-likeness (QED) is 0.629. The molecule has 0 radical (unpaired) electrons. The van der Waals surface area contributed by atoms with Crippen LogP contribution in [-0.2, 0) is 11.3 Å². The highest BCUT2D eigenvalue weighted by Crippen LogP contribution is 2.27. The Labute approximate surface area is 93.8 Å². The van der Waals surface area contributed by atoms with Crippen LogP contribution in [0.4, 0.5) is 14.5 Å². The van der Waals surface area contributed by atoms with E-state index in [0.717, 1.165) is 10.9 Å². The van der Waals surface area contributed by atoms with Gasteiger partial charge in [-0.1, -0.05) is 6.92 Å².